The zero-order valence-electron chi connectivity index (χ0n) is 10.3. The molecular formula is C12H23NO3. The minimum absolute atomic E-state index is 0.237. The average Bonchev–Trinajstić information content (AvgIpc) is 3.07. The van der Waals surface area contributed by atoms with E-state index in [1.807, 2.05) is 0 Å². The third kappa shape index (κ3) is 3.19. The van der Waals surface area contributed by atoms with E-state index in [4.69, 9.17) is 4.74 Å². The molecule has 0 aromatic heterocycles. The van der Waals surface area contributed by atoms with Crippen LogP contribution in [0, 0.1) is 5.92 Å². The Morgan fingerprint density at radius 2 is 2.19 bits per heavy atom. The molecule has 0 spiro atoms. The van der Waals surface area contributed by atoms with Crippen molar-refractivity contribution in [2.75, 3.05) is 20.3 Å². The molecule has 16 heavy (non-hydrogen) atoms. The molecule has 0 heterocycles. The molecule has 1 fully saturated rings. The van der Waals surface area contributed by atoms with E-state index in [-0.39, 0.29) is 12.5 Å². The summed E-state index contributed by atoms with van der Waals surface area (Å²) in [6, 6.07) is 0. The van der Waals surface area contributed by atoms with Gasteiger partial charge in [0.15, 0.2) is 0 Å². The zero-order chi connectivity index (χ0) is 12.0. The number of likely N-dealkylation sites (N-methyl/N-ethyl adjacent to an activating group) is 1. The number of hydrogen-bond donors (Lipinski definition) is 2. The Labute approximate surface area is 97.4 Å². The van der Waals surface area contributed by atoms with E-state index in [0.29, 0.717) is 6.61 Å². The largest absolute Gasteiger partial charge is 0.480 e. The van der Waals surface area contributed by atoms with E-state index in [0.717, 1.165) is 32.1 Å². The summed E-state index contributed by atoms with van der Waals surface area (Å²) in [5.41, 5.74) is -0.855. The van der Waals surface area contributed by atoms with Crippen LogP contribution in [0.25, 0.3) is 0 Å². The molecule has 0 aromatic rings. The molecule has 0 bridgehead atoms. The Kier molecular flexibility index (Phi) is 5.22. The molecule has 0 aliphatic heterocycles. The maximum Gasteiger partial charge on any atom is 0.326 e. The van der Waals surface area contributed by atoms with Gasteiger partial charge in [0.1, 0.15) is 5.54 Å². The highest BCUT2D eigenvalue weighted by atomic mass is 16.5. The summed E-state index contributed by atoms with van der Waals surface area (Å²) in [6.45, 7) is 3.09. The Morgan fingerprint density at radius 3 is 2.62 bits per heavy atom. The first-order chi connectivity index (χ1) is 7.67. The average molecular weight is 229 g/mol. The molecule has 0 radical (unpaired) electrons. The van der Waals surface area contributed by atoms with Gasteiger partial charge in [0.05, 0.1) is 6.61 Å². The van der Waals surface area contributed by atoms with E-state index in [2.05, 4.69) is 12.2 Å². The molecule has 1 unspecified atom stereocenters. The van der Waals surface area contributed by atoms with E-state index in [9.17, 15) is 9.90 Å². The van der Waals surface area contributed by atoms with Crippen LogP contribution in [-0.4, -0.2) is 36.9 Å². The molecule has 1 atom stereocenters. The second kappa shape index (κ2) is 6.21. The zero-order valence-corrected chi connectivity index (χ0v) is 10.3. The number of nitrogens with one attached hydrogen (secondary N) is 1. The Balaban J connectivity index is 2.35. The molecule has 1 rings (SSSR count). The van der Waals surface area contributed by atoms with Crippen molar-refractivity contribution in [1.82, 2.24) is 5.32 Å². The molecule has 2 N–H and O–H groups in total. The lowest BCUT2D eigenvalue weighted by Gasteiger charge is -2.28. The van der Waals surface area contributed by atoms with E-state index >= 15 is 0 Å². The fourth-order valence-corrected chi connectivity index (χ4v) is 2.00. The number of aliphatic carboxylic acids is 1. The van der Waals surface area contributed by atoms with Crippen molar-refractivity contribution in [3.8, 4) is 0 Å². The van der Waals surface area contributed by atoms with E-state index < -0.39 is 11.5 Å². The monoisotopic (exact) mass is 229 g/mol. The third-order valence-corrected chi connectivity index (χ3v) is 3.32. The van der Waals surface area contributed by atoms with Crippen LogP contribution >= 0.6 is 0 Å². The van der Waals surface area contributed by atoms with Gasteiger partial charge in [-0.05, 0) is 32.2 Å². The van der Waals surface area contributed by atoms with Crippen LogP contribution in [0.4, 0.5) is 0 Å². The van der Waals surface area contributed by atoms with Crippen LogP contribution in [0.3, 0.4) is 0 Å². The van der Waals surface area contributed by atoms with Gasteiger partial charge in [-0.15, -0.1) is 0 Å². The molecule has 4 heteroatoms. The maximum absolute atomic E-state index is 11.3. The van der Waals surface area contributed by atoms with Crippen molar-refractivity contribution in [3.63, 3.8) is 0 Å². The molecule has 0 amide bonds. The summed E-state index contributed by atoms with van der Waals surface area (Å²) in [4.78, 5) is 11.3. The fourth-order valence-electron chi connectivity index (χ4n) is 2.00. The van der Waals surface area contributed by atoms with Gasteiger partial charge in [-0.2, -0.15) is 0 Å². The summed E-state index contributed by atoms with van der Waals surface area (Å²) < 4.78 is 5.51. The van der Waals surface area contributed by atoms with Crippen molar-refractivity contribution < 1.29 is 14.6 Å². The quantitative estimate of drug-likeness (QED) is 0.590. The smallest absolute Gasteiger partial charge is 0.326 e. The molecule has 94 valence electrons. The molecule has 1 saturated carbocycles. The first kappa shape index (κ1) is 13.5. The summed E-state index contributed by atoms with van der Waals surface area (Å²) in [7, 11) is 1.71. The summed E-state index contributed by atoms with van der Waals surface area (Å²) >= 11 is 0. The topological polar surface area (TPSA) is 58.6 Å². The fraction of sp³-hybridized carbons (Fsp3) is 0.917. The molecule has 0 aromatic carbocycles. The van der Waals surface area contributed by atoms with Crippen molar-refractivity contribution in [2.45, 2.75) is 44.6 Å². The lowest BCUT2D eigenvalue weighted by Crippen LogP contribution is -2.56. The minimum Gasteiger partial charge on any atom is -0.480 e. The van der Waals surface area contributed by atoms with Gasteiger partial charge in [-0.25, -0.2) is 0 Å². The number of carbonyl (C=O) groups is 1. The number of rotatable bonds is 9. The van der Waals surface area contributed by atoms with Crippen LogP contribution in [0.1, 0.15) is 39.0 Å². The van der Waals surface area contributed by atoms with Gasteiger partial charge in [-0.1, -0.05) is 19.8 Å². The lowest BCUT2D eigenvalue weighted by molar-refractivity contribution is -0.148. The standard InChI is InChI=1S/C12H23NO3/c1-3-4-5-8-16-9-12(13-2,11(14)15)10-6-7-10/h10,13H,3-9H2,1-2H3,(H,14,15). The van der Waals surface area contributed by atoms with Crippen LogP contribution in [0.2, 0.25) is 0 Å². The van der Waals surface area contributed by atoms with Crippen molar-refractivity contribution in [2.24, 2.45) is 5.92 Å². The van der Waals surface area contributed by atoms with E-state index in [1.165, 1.54) is 0 Å². The van der Waals surface area contributed by atoms with Gasteiger partial charge in [0.25, 0.3) is 0 Å². The maximum atomic E-state index is 11.3. The number of hydrogen-bond acceptors (Lipinski definition) is 3. The van der Waals surface area contributed by atoms with Crippen LogP contribution in [0.5, 0.6) is 0 Å². The van der Waals surface area contributed by atoms with Crippen LogP contribution < -0.4 is 5.32 Å². The Bertz CT molecular complexity index is 228. The molecule has 4 nitrogen and oxygen atoms in total. The number of carboxylic acids is 1. The van der Waals surface area contributed by atoms with Crippen LogP contribution in [0.15, 0.2) is 0 Å². The summed E-state index contributed by atoms with van der Waals surface area (Å²) in [5, 5.41) is 12.2. The van der Waals surface area contributed by atoms with Crippen LogP contribution in [-0.2, 0) is 9.53 Å². The molecule has 1 aliphatic rings. The predicted molar refractivity (Wildman–Crippen MR) is 62.5 cm³/mol. The Morgan fingerprint density at radius 1 is 1.50 bits per heavy atom. The van der Waals surface area contributed by atoms with Gasteiger partial charge in [0, 0.05) is 6.61 Å². The first-order valence-corrected chi connectivity index (χ1v) is 6.17. The van der Waals surface area contributed by atoms with Crippen molar-refractivity contribution in [3.05, 3.63) is 0 Å². The van der Waals surface area contributed by atoms with Crippen molar-refractivity contribution in [1.29, 1.82) is 0 Å². The third-order valence-electron chi connectivity index (χ3n) is 3.32. The summed E-state index contributed by atoms with van der Waals surface area (Å²) in [5.74, 6) is -0.547. The first-order valence-electron chi connectivity index (χ1n) is 6.17. The minimum atomic E-state index is -0.855. The highest BCUT2D eigenvalue weighted by Crippen LogP contribution is 2.40. The normalized spacial score (nSPS) is 19.4. The highest BCUT2D eigenvalue weighted by molar-refractivity contribution is 5.80. The van der Waals surface area contributed by atoms with Gasteiger partial charge in [-0.3, -0.25) is 4.79 Å². The van der Waals surface area contributed by atoms with Gasteiger partial charge >= 0.3 is 5.97 Å². The number of ether oxygens (including phenoxy) is 1. The highest BCUT2D eigenvalue weighted by Gasteiger charge is 2.50. The number of unbranched alkanes of at least 4 members (excludes halogenated alkanes) is 2. The number of carboxylic acid groups (broad SMARTS) is 1. The SMILES string of the molecule is CCCCCOCC(NC)(C(=O)O)C1CC1. The lowest BCUT2D eigenvalue weighted by atomic mass is 9.94. The molecule has 1 aliphatic carbocycles. The molecule has 0 saturated heterocycles. The Hall–Kier alpha value is -0.610. The van der Waals surface area contributed by atoms with Gasteiger partial charge in [0.2, 0.25) is 0 Å². The van der Waals surface area contributed by atoms with Crippen molar-refractivity contribution >= 4 is 5.97 Å². The molecular weight excluding hydrogens is 206 g/mol. The van der Waals surface area contributed by atoms with Gasteiger partial charge < -0.3 is 15.2 Å². The predicted octanol–water partition coefficient (Wildman–Crippen LogP) is 1.65. The van der Waals surface area contributed by atoms with E-state index in [1.54, 1.807) is 7.05 Å². The second-order valence-corrected chi connectivity index (χ2v) is 4.56. The second-order valence-electron chi connectivity index (χ2n) is 4.56. The summed E-state index contributed by atoms with van der Waals surface area (Å²) in [6.07, 6.45) is 5.29.